The molecule has 0 amide bonds. The molecule has 0 spiro atoms. The zero-order valence-electron chi connectivity index (χ0n) is 14.2. The van der Waals surface area contributed by atoms with Gasteiger partial charge in [0.1, 0.15) is 0 Å². The van der Waals surface area contributed by atoms with Crippen molar-refractivity contribution in [3.05, 3.63) is 0 Å². The molecule has 4 saturated carbocycles. The van der Waals surface area contributed by atoms with Crippen molar-refractivity contribution < 1.29 is 0 Å². The van der Waals surface area contributed by atoms with Gasteiger partial charge < -0.3 is 5.32 Å². The lowest BCUT2D eigenvalue weighted by Crippen LogP contribution is -2.56. The van der Waals surface area contributed by atoms with E-state index in [4.69, 9.17) is 0 Å². The fourth-order valence-electron chi connectivity index (χ4n) is 7.35. The third-order valence-electron chi connectivity index (χ3n) is 6.55. The molecular formula is C19H35N. The van der Waals surface area contributed by atoms with Crippen LogP contribution in [-0.2, 0) is 0 Å². The summed E-state index contributed by atoms with van der Waals surface area (Å²) in [5.74, 6) is 1.05. The molecule has 0 aliphatic heterocycles. The highest BCUT2D eigenvalue weighted by Gasteiger charge is 2.59. The van der Waals surface area contributed by atoms with Crippen molar-refractivity contribution in [2.45, 2.75) is 91.5 Å². The van der Waals surface area contributed by atoms with Crippen molar-refractivity contribution in [3.8, 4) is 0 Å². The Hall–Kier alpha value is -0.0400. The van der Waals surface area contributed by atoms with Crippen LogP contribution in [0.1, 0.15) is 85.5 Å². The van der Waals surface area contributed by atoms with Gasteiger partial charge in [-0.15, -0.1) is 0 Å². The lowest BCUT2D eigenvalue weighted by atomic mass is 9.39. The van der Waals surface area contributed by atoms with Crippen LogP contribution in [0.25, 0.3) is 0 Å². The van der Waals surface area contributed by atoms with Crippen LogP contribution >= 0.6 is 0 Å². The molecule has 0 aromatic rings. The standard InChI is InChI=1S/C19H35N/c1-5-7-16(20-6-2)11-19-10-15-8-17(3,13-19)12-18(4,9-15)14-19/h15-16,20H,5-14H2,1-4H3. The Balaban J connectivity index is 1.77. The predicted molar refractivity (Wildman–Crippen MR) is 86.8 cm³/mol. The first-order valence-corrected chi connectivity index (χ1v) is 9.13. The predicted octanol–water partition coefficient (Wildman–Crippen LogP) is 5.15. The Kier molecular flexibility index (Phi) is 3.72. The molecule has 1 N–H and O–H groups in total. The van der Waals surface area contributed by atoms with E-state index < -0.39 is 0 Å². The fraction of sp³-hybridized carbons (Fsp3) is 1.00. The average Bonchev–Trinajstić information content (AvgIpc) is 2.23. The summed E-state index contributed by atoms with van der Waals surface area (Å²) in [6.45, 7) is 11.0. The SMILES string of the molecule is CCCC(CC12CC3CC(C)(CC(C)(C3)C1)C2)NCC. The minimum absolute atomic E-state index is 0.678. The summed E-state index contributed by atoms with van der Waals surface area (Å²) in [4.78, 5) is 0. The Labute approximate surface area is 126 Å². The molecule has 0 saturated heterocycles. The number of hydrogen-bond acceptors (Lipinski definition) is 1. The second-order valence-electron chi connectivity index (χ2n) is 9.38. The molecule has 0 aromatic carbocycles. The van der Waals surface area contributed by atoms with Gasteiger partial charge in [-0.3, -0.25) is 0 Å². The van der Waals surface area contributed by atoms with Crippen LogP contribution in [0.15, 0.2) is 0 Å². The Bertz CT molecular complexity index is 337. The summed E-state index contributed by atoms with van der Waals surface area (Å²) < 4.78 is 0. The zero-order chi connectivity index (χ0) is 14.4. The van der Waals surface area contributed by atoms with Gasteiger partial charge in [0.15, 0.2) is 0 Å². The molecule has 3 unspecified atom stereocenters. The smallest absolute Gasteiger partial charge is 0.00721 e. The van der Waals surface area contributed by atoms with Gasteiger partial charge in [0, 0.05) is 6.04 Å². The molecule has 1 nitrogen and oxygen atoms in total. The van der Waals surface area contributed by atoms with Crippen molar-refractivity contribution in [2.75, 3.05) is 6.54 Å². The number of rotatable bonds is 6. The van der Waals surface area contributed by atoms with Crippen LogP contribution in [0, 0.1) is 22.2 Å². The van der Waals surface area contributed by atoms with E-state index >= 15 is 0 Å². The summed E-state index contributed by atoms with van der Waals surface area (Å²) in [7, 11) is 0. The lowest BCUT2D eigenvalue weighted by Gasteiger charge is -2.66. The first-order valence-electron chi connectivity index (χ1n) is 9.13. The van der Waals surface area contributed by atoms with Crippen LogP contribution in [0.2, 0.25) is 0 Å². The summed E-state index contributed by atoms with van der Waals surface area (Å²) in [5.41, 5.74) is 2.04. The van der Waals surface area contributed by atoms with E-state index in [1.807, 2.05) is 0 Å². The maximum atomic E-state index is 3.78. The molecule has 116 valence electrons. The van der Waals surface area contributed by atoms with Gasteiger partial charge in [0.2, 0.25) is 0 Å². The molecule has 20 heavy (non-hydrogen) atoms. The van der Waals surface area contributed by atoms with Gasteiger partial charge >= 0.3 is 0 Å². The van der Waals surface area contributed by atoms with Crippen molar-refractivity contribution in [3.63, 3.8) is 0 Å². The molecule has 1 heteroatoms. The van der Waals surface area contributed by atoms with E-state index in [-0.39, 0.29) is 0 Å². The monoisotopic (exact) mass is 277 g/mol. The Morgan fingerprint density at radius 2 is 1.65 bits per heavy atom. The van der Waals surface area contributed by atoms with Gasteiger partial charge in [0.05, 0.1) is 0 Å². The number of hydrogen-bond donors (Lipinski definition) is 1. The van der Waals surface area contributed by atoms with Crippen LogP contribution < -0.4 is 5.32 Å². The van der Waals surface area contributed by atoms with Gasteiger partial charge in [-0.2, -0.15) is 0 Å². The van der Waals surface area contributed by atoms with Gasteiger partial charge in [0.25, 0.3) is 0 Å². The second kappa shape index (κ2) is 5.00. The summed E-state index contributed by atoms with van der Waals surface area (Å²) in [6, 6.07) is 0.772. The highest BCUT2D eigenvalue weighted by Crippen LogP contribution is 2.70. The average molecular weight is 277 g/mol. The molecule has 4 rings (SSSR count). The molecule has 4 aliphatic carbocycles. The first kappa shape index (κ1) is 14.9. The van der Waals surface area contributed by atoms with Crippen LogP contribution in [-0.4, -0.2) is 12.6 Å². The summed E-state index contributed by atoms with van der Waals surface area (Å²) in [5, 5.41) is 3.78. The highest BCUT2D eigenvalue weighted by molar-refractivity contribution is 5.10. The normalized spacial score (nSPS) is 47.7. The second-order valence-corrected chi connectivity index (χ2v) is 9.38. The Morgan fingerprint density at radius 3 is 2.15 bits per heavy atom. The van der Waals surface area contributed by atoms with Crippen molar-refractivity contribution in [1.29, 1.82) is 0 Å². The van der Waals surface area contributed by atoms with Gasteiger partial charge in [-0.05, 0) is 80.1 Å². The van der Waals surface area contributed by atoms with E-state index in [2.05, 4.69) is 33.0 Å². The third-order valence-corrected chi connectivity index (χ3v) is 6.55. The van der Waals surface area contributed by atoms with E-state index in [0.29, 0.717) is 16.2 Å². The maximum absolute atomic E-state index is 3.78. The zero-order valence-corrected chi connectivity index (χ0v) is 14.2. The van der Waals surface area contributed by atoms with Crippen molar-refractivity contribution in [1.82, 2.24) is 5.32 Å². The van der Waals surface area contributed by atoms with E-state index in [9.17, 15) is 0 Å². The van der Waals surface area contributed by atoms with Crippen molar-refractivity contribution in [2.24, 2.45) is 22.2 Å². The van der Waals surface area contributed by atoms with Crippen LogP contribution in [0.5, 0.6) is 0 Å². The largest absolute Gasteiger partial charge is 0.314 e. The van der Waals surface area contributed by atoms with Gasteiger partial charge in [-0.25, -0.2) is 0 Å². The van der Waals surface area contributed by atoms with Gasteiger partial charge in [-0.1, -0.05) is 34.1 Å². The minimum Gasteiger partial charge on any atom is -0.314 e. The fourth-order valence-corrected chi connectivity index (χ4v) is 7.35. The third kappa shape index (κ3) is 2.67. The highest BCUT2D eigenvalue weighted by atomic mass is 14.9. The van der Waals surface area contributed by atoms with Crippen LogP contribution in [0.4, 0.5) is 0 Å². The van der Waals surface area contributed by atoms with E-state index in [1.165, 1.54) is 51.4 Å². The maximum Gasteiger partial charge on any atom is 0.00721 e. The molecule has 0 heterocycles. The molecule has 0 aromatic heterocycles. The molecule has 3 atom stereocenters. The molecule has 4 fully saturated rings. The molecular weight excluding hydrogens is 242 g/mol. The lowest BCUT2D eigenvalue weighted by molar-refractivity contribution is -0.150. The number of nitrogens with one attached hydrogen (secondary N) is 1. The van der Waals surface area contributed by atoms with Crippen molar-refractivity contribution >= 4 is 0 Å². The topological polar surface area (TPSA) is 12.0 Å². The molecule has 4 aliphatic rings. The first-order chi connectivity index (χ1) is 9.40. The van der Waals surface area contributed by atoms with Crippen LogP contribution in [0.3, 0.4) is 0 Å². The summed E-state index contributed by atoms with van der Waals surface area (Å²) >= 11 is 0. The quantitative estimate of drug-likeness (QED) is 0.708. The van der Waals surface area contributed by atoms with E-state index in [0.717, 1.165) is 18.5 Å². The molecule has 4 bridgehead atoms. The van der Waals surface area contributed by atoms with E-state index in [1.54, 1.807) is 6.42 Å². The Morgan fingerprint density at radius 1 is 1.00 bits per heavy atom. The summed E-state index contributed by atoms with van der Waals surface area (Å²) in [6.07, 6.45) is 13.3. The molecule has 0 radical (unpaired) electrons. The minimum atomic E-state index is 0.678.